The van der Waals surface area contributed by atoms with E-state index < -0.39 is 0 Å². The highest BCUT2D eigenvalue weighted by molar-refractivity contribution is 6.11. The minimum Gasteiger partial charge on any atom is -0.309 e. The number of aryl methyl sites for hydroxylation is 1. The third kappa shape index (κ3) is 6.37. The molecule has 0 atom stereocenters. The van der Waals surface area contributed by atoms with E-state index in [1.807, 2.05) is 0 Å². The fraction of sp³-hybridized carbons (Fsp3) is 0.362. The third-order valence-corrected chi connectivity index (χ3v) is 10.1. The maximum Gasteiger partial charge on any atom is 0.0541 e. The number of rotatable bonds is 3. The van der Waals surface area contributed by atoms with Gasteiger partial charge in [0.2, 0.25) is 0 Å². The van der Waals surface area contributed by atoms with Crippen LogP contribution in [-0.2, 0) is 21.7 Å². The molecule has 6 aromatic rings. The fourth-order valence-corrected chi connectivity index (χ4v) is 6.78. The highest BCUT2D eigenvalue weighted by atomic mass is 15.0. The molecule has 0 unspecified atom stereocenters. The molecule has 0 N–H and O–H groups in total. The van der Waals surface area contributed by atoms with Gasteiger partial charge >= 0.3 is 0 Å². The van der Waals surface area contributed by atoms with Crippen LogP contribution in [0, 0.1) is 6.92 Å². The van der Waals surface area contributed by atoms with E-state index >= 15 is 0 Å². The van der Waals surface area contributed by atoms with Crippen molar-refractivity contribution in [2.24, 2.45) is 0 Å². The zero-order valence-electron chi connectivity index (χ0n) is 31.7. The third-order valence-electron chi connectivity index (χ3n) is 10.1. The summed E-state index contributed by atoms with van der Waals surface area (Å²) in [6.45, 7) is 30.0. The smallest absolute Gasteiger partial charge is 0.0541 e. The van der Waals surface area contributed by atoms with Gasteiger partial charge in [-0.05, 0) is 109 Å². The van der Waals surface area contributed by atoms with Gasteiger partial charge in [0.1, 0.15) is 0 Å². The molecule has 0 radical (unpaired) electrons. The summed E-state index contributed by atoms with van der Waals surface area (Å²) >= 11 is 0. The summed E-state index contributed by atoms with van der Waals surface area (Å²) in [5.41, 5.74) is 15.8. The first-order valence-electron chi connectivity index (χ1n) is 17.7. The number of nitrogens with zero attached hydrogens (tertiary/aromatic N) is 1. The van der Waals surface area contributed by atoms with E-state index in [1.54, 1.807) is 0 Å². The summed E-state index contributed by atoms with van der Waals surface area (Å²) in [6, 6.07) is 37.4. The van der Waals surface area contributed by atoms with Crippen LogP contribution >= 0.6 is 0 Å². The zero-order valence-corrected chi connectivity index (χ0v) is 31.7. The predicted octanol–water partition coefficient (Wildman–Crippen LogP) is 13.6. The first-order valence-corrected chi connectivity index (χ1v) is 17.7. The van der Waals surface area contributed by atoms with Crippen molar-refractivity contribution in [1.29, 1.82) is 0 Å². The first kappa shape index (κ1) is 33.8. The van der Waals surface area contributed by atoms with Crippen molar-refractivity contribution in [1.82, 2.24) is 4.57 Å². The van der Waals surface area contributed by atoms with Gasteiger partial charge in [-0.25, -0.2) is 0 Å². The maximum absolute atomic E-state index is 2.46. The molecule has 1 heteroatoms. The Morgan fingerprint density at radius 3 is 1.06 bits per heavy atom. The fourth-order valence-electron chi connectivity index (χ4n) is 6.78. The highest BCUT2D eigenvalue weighted by Crippen LogP contribution is 2.41. The summed E-state index contributed by atoms with van der Waals surface area (Å²) in [5, 5.41) is 2.57. The largest absolute Gasteiger partial charge is 0.309 e. The van der Waals surface area contributed by atoms with E-state index in [0.717, 1.165) is 0 Å². The lowest BCUT2D eigenvalue weighted by Gasteiger charge is -2.26. The molecule has 48 heavy (non-hydrogen) atoms. The van der Waals surface area contributed by atoms with Crippen LogP contribution in [-0.4, -0.2) is 4.57 Å². The number of fused-ring (bicyclic) bond motifs is 3. The molecule has 5 aromatic carbocycles. The topological polar surface area (TPSA) is 4.93 Å². The lowest BCUT2D eigenvalue weighted by molar-refractivity contribution is 0.568. The van der Waals surface area contributed by atoms with Crippen LogP contribution in [0.2, 0.25) is 0 Å². The van der Waals surface area contributed by atoms with E-state index in [9.17, 15) is 0 Å². The molecule has 1 heterocycles. The molecule has 0 aliphatic carbocycles. The van der Waals surface area contributed by atoms with Gasteiger partial charge in [0.05, 0.1) is 11.0 Å². The zero-order chi connectivity index (χ0) is 35.0. The van der Waals surface area contributed by atoms with Crippen LogP contribution < -0.4 is 0 Å². The van der Waals surface area contributed by atoms with Gasteiger partial charge in [-0.2, -0.15) is 0 Å². The molecule has 0 amide bonds. The molecule has 6 rings (SSSR count). The Kier molecular flexibility index (Phi) is 8.10. The second kappa shape index (κ2) is 11.5. The Bertz CT molecular complexity index is 1960. The van der Waals surface area contributed by atoms with Crippen molar-refractivity contribution < 1.29 is 0 Å². The second-order valence-electron chi connectivity index (χ2n) is 18.2. The average Bonchev–Trinajstić information content (AvgIpc) is 3.32. The molecule has 0 spiro atoms. The van der Waals surface area contributed by atoms with E-state index in [2.05, 4.69) is 192 Å². The molecular formula is C47H55N. The highest BCUT2D eigenvalue weighted by Gasteiger charge is 2.24. The van der Waals surface area contributed by atoms with E-state index in [0.29, 0.717) is 0 Å². The van der Waals surface area contributed by atoms with Crippen molar-refractivity contribution in [3.63, 3.8) is 0 Å². The van der Waals surface area contributed by atoms with E-state index in [4.69, 9.17) is 0 Å². The van der Waals surface area contributed by atoms with Crippen molar-refractivity contribution in [3.05, 3.63) is 125 Å². The van der Waals surface area contributed by atoms with Crippen LogP contribution in [0.15, 0.2) is 97.1 Å². The van der Waals surface area contributed by atoms with Crippen LogP contribution in [0.3, 0.4) is 0 Å². The van der Waals surface area contributed by atoms with Gasteiger partial charge in [-0.3, -0.25) is 0 Å². The molecule has 0 saturated carbocycles. The quantitative estimate of drug-likeness (QED) is 0.183. The van der Waals surface area contributed by atoms with Crippen LogP contribution in [0.25, 0.3) is 49.7 Å². The lowest BCUT2D eigenvalue weighted by atomic mass is 9.78. The standard InChI is InChI=1S/C47H55N/c1-30-16-14-15-17-41(30)48-42-20-18-31(33-22-35(44(2,3)4)28-36(23-33)45(5,6)7)26-39(42)40-27-32(19-21-43(40)48)34-24-37(46(8,9)10)29-38(25-34)47(11,12)13/h14-29H,1-13H3. The second-order valence-corrected chi connectivity index (χ2v) is 18.2. The first-order chi connectivity index (χ1) is 22.2. The van der Waals surface area contributed by atoms with Crippen molar-refractivity contribution in [2.75, 3.05) is 0 Å². The van der Waals surface area contributed by atoms with Crippen LogP contribution in [0.5, 0.6) is 0 Å². The summed E-state index contributed by atoms with van der Waals surface area (Å²) in [7, 11) is 0. The Labute approximate surface area is 290 Å². The number of hydrogen-bond acceptors (Lipinski definition) is 0. The van der Waals surface area contributed by atoms with Crippen molar-refractivity contribution in [2.45, 2.75) is 112 Å². The van der Waals surface area contributed by atoms with Gasteiger partial charge in [-0.15, -0.1) is 0 Å². The molecule has 0 saturated heterocycles. The predicted molar refractivity (Wildman–Crippen MR) is 211 cm³/mol. The Balaban J connectivity index is 1.66. The SMILES string of the molecule is Cc1ccccc1-n1c2ccc(-c3cc(C(C)(C)C)cc(C(C)(C)C)c3)cc2c2cc(-c3cc(C(C)(C)C)cc(C(C)(C)C)c3)ccc21. The molecule has 0 aliphatic rings. The summed E-state index contributed by atoms with van der Waals surface area (Å²) in [6.07, 6.45) is 0. The molecule has 0 aliphatic heterocycles. The Hall–Kier alpha value is -4.10. The van der Waals surface area contributed by atoms with Crippen molar-refractivity contribution >= 4 is 21.8 Å². The molecule has 1 nitrogen and oxygen atoms in total. The normalized spacial score (nSPS) is 13.1. The van der Waals surface area contributed by atoms with Crippen LogP contribution in [0.1, 0.15) is 111 Å². The number of hydrogen-bond donors (Lipinski definition) is 0. The Morgan fingerprint density at radius 1 is 0.375 bits per heavy atom. The number of aromatic nitrogens is 1. The van der Waals surface area contributed by atoms with Gasteiger partial charge in [0.25, 0.3) is 0 Å². The summed E-state index contributed by atoms with van der Waals surface area (Å²) in [4.78, 5) is 0. The van der Waals surface area contributed by atoms with Crippen molar-refractivity contribution in [3.8, 4) is 27.9 Å². The molecule has 248 valence electrons. The lowest BCUT2D eigenvalue weighted by Crippen LogP contribution is -2.16. The average molecular weight is 634 g/mol. The number of para-hydroxylation sites is 1. The molecular weight excluding hydrogens is 579 g/mol. The minimum absolute atomic E-state index is 0.0589. The van der Waals surface area contributed by atoms with E-state index in [-0.39, 0.29) is 21.7 Å². The molecule has 1 aromatic heterocycles. The van der Waals surface area contributed by atoms with Gasteiger partial charge in [0, 0.05) is 16.5 Å². The molecule has 0 bridgehead atoms. The van der Waals surface area contributed by atoms with Crippen LogP contribution in [0.4, 0.5) is 0 Å². The number of benzene rings is 5. The summed E-state index contributed by atoms with van der Waals surface area (Å²) < 4.78 is 2.46. The van der Waals surface area contributed by atoms with Gasteiger partial charge < -0.3 is 4.57 Å². The van der Waals surface area contributed by atoms with Gasteiger partial charge in [-0.1, -0.05) is 150 Å². The molecule has 0 fully saturated rings. The minimum atomic E-state index is 0.0589. The monoisotopic (exact) mass is 633 g/mol. The van der Waals surface area contributed by atoms with E-state index in [1.165, 1.54) is 77.6 Å². The Morgan fingerprint density at radius 2 is 0.729 bits per heavy atom. The maximum atomic E-state index is 2.46. The van der Waals surface area contributed by atoms with Gasteiger partial charge in [0.15, 0.2) is 0 Å². The summed E-state index contributed by atoms with van der Waals surface area (Å²) in [5.74, 6) is 0.